The van der Waals surface area contributed by atoms with Crippen LogP contribution in [0.5, 0.6) is 0 Å². The van der Waals surface area contributed by atoms with Gasteiger partial charge in [0.15, 0.2) is 0 Å². The molecule has 0 aliphatic carbocycles. The first-order chi connectivity index (χ1) is 8.04. The first-order valence-corrected chi connectivity index (χ1v) is 6.80. The van der Waals surface area contributed by atoms with Crippen molar-refractivity contribution in [2.45, 2.75) is 40.2 Å². The van der Waals surface area contributed by atoms with Crippen LogP contribution in [0, 0.1) is 13.8 Å². The summed E-state index contributed by atoms with van der Waals surface area (Å²) in [5, 5.41) is 7.10. The number of nitrogens with one attached hydrogen (secondary N) is 2. The molecule has 2 N–H and O–H groups in total. The molecule has 0 spiro atoms. The lowest BCUT2D eigenvalue weighted by molar-refractivity contribution is -0.120. The van der Waals surface area contributed by atoms with Crippen molar-refractivity contribution in [3.8, 4) is 0 Å². The van der Waals surface area contributed by atoms with E-state index in [0.29, 0.717) is 6.54 Å². The molecule has 17 heavy (non-hydrogen) atoms. The molecule has 0 aliphatic heterocycles. The number of amides is 1. The maximum Gasteiger partial charge on any atom is 0.233 e. The summed E-state index contributed by atoms with van der Waals surface area (Å²) in [6.07, 6.45) is 0.964. The van der Waals surface area contributed by atoms with Gasteiger partial charge < -0.3 is 10.6 Å². The van der Waals surface area contributed by atoms with Crippen LogP contribution in [0.25, 0.3) is 0 Å². The van der Waals surface area contributed by atoms with Gasteiger partial charge in [-0.3, -0.25) is 4.79 Å². The maximum atomic E-state index is 11.4. The highest BCUT2D eigenvalue weighted by atomic mass is 32.1. The first kappa shape index (κ1) is 14.1. The van der Waals surface area contributed by atoms with E-state index in [1.54, 1.807) is 11.3 Å². The summed E-state index contributed by atoms with van der Waals surface area (Å²) >= 11 is 1.69. The van der Waals surface area contributed by atoms with E-state index in [2.05, 4.69) is 22.5 Å². The van der Waals surface area contributed by atoms with Gasteiger partial charge in [-0.2, -0.15) is 0 Å². The zero-order chi connectivity index (χ0) is 12.8. The molecule has 0 aromatic carbocycles. The minimum Gasteiger partial charge on any atom is -0.355 e. The Labute approximate surface area is 107 Å². The Hall–Kier alpha value is -0.940. The third kappa shape index (κ3) is 4.44. The van der Waals surface area contributed by atoms with Crippen LogP contribution in [-0.4, -0.2) is 24.0 Å². The van der Waals surface area contributed by atoms with E-state index in [-0.39, 0.29) is 11.9 Å². The predicted octanol–water partition coefficient (Wildman–Crippen LogP) is 1.94. The minimum atomic E-state index is 0.0447. The van der Waals surface area contributed by atoms with Gasteiger partial charge >= 0.3 is 0 Å². The number of hydrogen-bond donors (Lipinski definition) is 2. The highest BCUT2D eigenvalue weighted by molar-refractivity contribution is 7.11. The Kier molecular flexibility index (Phi) is 5.58. The van der Waals surface area contributed by atoms with Gasteiger partial charge in [-0.05, 0) is 27.2 Å². The van der Waals surface area contributed by atoms with E-state index in [1.165, 1.54) is 4.88 Å². The lowest BCUT2D eigenvalue weighted by Gasteiger charge is -2.12. The number of carbonyl (C=O) groups is 1. The fourth-order valence-electron chi connectivity index (χ4n) is 1.62. The average molecular weight is 255 g/mol. The van der Waals surface area contributed by atoms with Gasteiger partial charge in [0, 0.05) is 17.5 Å². The van der Waals surface area contributed by atoms with Crippen molar-refractivity contribution in [3.05, 3.63) is 15.6 Å². The molecule has 96 valence electrons. The summed E-state index contributed by atoms with van der Waals surface area (Å²) in [6, 6.07) is 0.118. The molecule has 0 saturated heterocycles. The van der Waals surface area contributed by atoms with Gasteiger partial charge in [-0.1, -0.05) is 6.92 Å². The lowest BCUT2D eigenvalue weighted by atomic mass is 10.2. The smallest absolute Gasteiger partial charge is 0.233 e. The highest BCUT2D eigenvalue weighted by Crippen LogP contribution is 2.21. The Bertz CT molecular complexity index is 376. The number of aromatic nitrogens is 1. The summed E-state index contributed by atoms with van der Waals surface area (Å²) in [7, 11) is 0. The molecule has 0 radical (unpaired) electrons. The quantitative estimate of drug-likeness (QED) is 0.817. The Morgan fingerprint density at radius 1 is 1.47 bits per heavy atom. The fraction of sp³-hybridized carbons (Fsp3) is 0.667. The molecule has 1 heterocycles. The lowest BCUT2D eigenvalue weighted by Crippen LogP contribution is -2.35. The Morgan fingerprint density at radius 3 is 2.71 bits per heavy atom. The maximum absolute atomic E-state index is 11.4. The van der Waals surface area contributed by atoms with Crippen molar-refractivity contribution in [2.24, 2.45) is 0 Å². The average Bonchev–Trinajstić information content (AvgIpc) is 2.62. The van der Waals surface area contributed by atoms with E-state index in [4.69, 9.17) is 0 Å². The van der Waals surface area contributed by atoms with Gasteiger partial charge in [0.1, 0.15) is 0 Å². The second kappa shape index (κ2) is 6.71. The highest BCUT2D eigenvalue weighted by Gasteiger charge is 2.13. The fourth-order valence-corrected chi connectivity index (χ4v) is 2.53. The molecule has 1 aromatic rings. The third-order valence-electron chi connectivity index (χ3n) is 2.49. The Balaban J connectivity index is 2.42. The second-order valence-corrected chi connectivity index (χ2v) is 5.53. The number of aryl methyl sites for hydroxylation is 2. The van der Waals surface area contributed by atoms with Crippen LogP contribution in [0.2, 0.25) is 0 Å². The van der Waals surface area contributed by atoms with Crippen molar-refractivity contribution in [3.63, 3.8) is 0 Å². The van der Waals surface area contributed by atoms with Gasteiger partial charge in [-0.15, -0.1) is 11.3 Å². The molecule has 1 amide bonds. The van der Waals surface area contributed by atoms with Crippen LogP contribution < -0.4 is 10.6 Å². The Morgan fingerprint density at radius 2 is 2.18 bits per heavy atom. The van der Waals surface area contributed by atoms with Crippen molar-refractivity contribution in [2.75, 3.05) is 13.1 Å². The largest absolute Gasteiger partial charge is 0.355 e. The predicted molar refractivity (Wildman–Crippen MR) is 71.3 cm³/mol. The summed E-state index contributed by atoms with van der Waals surface area (Å²) in [5.74, 6) is 0.0447. The molecule has 0 aliphatic rings. The van der Waals surface area contributed by atoms with Gasteiger partial charge in [-0.25, -0.2) is 4.98 Å². The third-order valence-corrected chi connectivity index (χ3v) is 3.39. The van der Waals surface area contributed by atoms with Gasteiger partial charge in [0.05, 0.1) is 17.2 Å². The molecule has 0 bridgehead atoms. The monoisotopic (exact) mass is 255 g/mol. The summed E-state index contributed by atoms with van der Waals surface area (Å²) < 4.78 is 0. The summed E-state index contributed by atoms with van der Waals surface area (Å²) in [6.45, 7) is 9.23. The van der Waals surface area contributed by atoms with Crippen molar-refractivity contribution in [1.82, 2.24) is 15.6 Å². The van der Waals surface area contributed by atoms with Crippen molar-refractivity contribution in [1.29, 1.82) is 0 Å². The topological polar surface area (TPSA) is 54.0 Å². The van der Waals surface area contributed by atoms with E-state index in [9.17, 15) is 4.79 Å². The second-order valence-electron chi connectivity index (χ2n) is 4.13. The number of carbonyl (C=O) groups excluding carboxylic acids is 1. The van der Waals surface area contributed by atoms with Crippen LogP contribution in [0.1, 0.15) is 41.9 Å². The van der Waals surface area contributed by atoms with Crippen LogP contribution in [0.3, 0.4) is 0 Å². The zero-order valence-electron chi connectivity index (χ0n) is 11.0. The normalized spacial score (nSPS) is 12.5. The molecule has 1 aromatic heterocycles. The SMILES string of the molecule is CCCNC(=O)CNC(C)c1nc(C)sc1C. The number of thiazole rings is 1. The molecule has 1 unspecified atom stereocenters. The van der Waals surface area contributed by atoms with E-state index in [0.717, 1.165) is 23.7 Å². The van der Waals surface area contributed by atoms with Gasteiger partial charge in [0.25, 0.3) is 0 Å². The van der Waals surface area contributed by atoms with Crippen LogP contribution >= 0.6 is 11.3 Å². The molecular weight excluding hydrogens is 234 g/mol. The van der Waals surface area contributed by atoms with Crippen LogP contribution in [0.4, 0.5) is 0 Å². The van der Waals surface area contributed by atoms with E-state index in [1.807, 2.05) is 20.8 Å². The van der Waals surface area contributed by atoms with Crippen LogP contribution in [-0.2, 0) is 4.79 Å². The first-order valence-electron chi connectivity index (χ1n) is 5.98. The summed E-state index contributed by atoms with van der Waals surface area (Å²) in [5.41, 5.74) is 1.05. The van der Waals surface area contributed by atoms with Crippen LogP contribution in [0.15, 0.2) is 0 Å². The zero-order valence-corrected chi connectivity index (χ0v) is 11.8. The van der Waals surface area contributed by atoms with E-state index >= 15 is 0 Å². The molecule has 1 rings (SSSR count). The molecule has 4 nitrogen and oxygen atoms in total. The van der Waals surface area contributed by atoms with E-state index < -0.39 is 0 Å². The molecule has 1 atom stereocenters. The summed E-state index contributed by atoms with van der Waals surface area (Å²) in [4.78, 5) is 17.1. The van der Waals surface area contributed by atoms with Gasteiger partial charge in [0.2, 0.25) is 5.91 Å². The minimum absolute atomic E-state index is 0.0447. The number of rotatable bonds is 6. The number of nitrogens with zero attached hydrogens (tertiary/aromatic N) is 1. The number of hydrogen-bond acceptors (Lipinski definition) is 4. The molecule has 0 fully saturated rings. The van der Waals surface area contributed by atoms with Crippen molar-refractivity contribution < 1.29 is 4.79 Å². The molecule has 5 heteroatoms. The molecule has 0 saturated carbocycles. The standard InChI is InChI=1S/C12H21N3OS/c1-5-6-13-11(16)7-14-8(2)12-9(3)17-10(4)15-12/h8,14H,5-7H2,1-4H3,(H,13,16). The van der Waals surface area contributed by atoms with Crippen molar-refractivity contribution >= 4 is 17.2 Å². The molecular formula is C12H21N3OS.